The molecule has 0 radical (unpaired) electrons. The van der Waals surface area contributed by atoms with Crippen molar-refractivity contribution in [3.05, 3.63) is 0 Å². The SMILES string of the molecule is O=C(C(Cl)C1CCSC1)N1CCCCCC1. The molecule has 1 amide bonds. The summed E-state index contributed by atoms with van der Waals surface area (Å²) in [5, 5.41) is -0.270. The molecule has 2 rings (SSSR count). The molecule has 16 heavy (non-hydrogen) atoms. The number of alkyl halides is 1. The van der Waals surface area contributed by atoms with E-state index in [4.69, 9.17) is 11.6 Å². The molecule has 0 aromatic rings. The predicted molar refractivity (Wildman–Crippen MR) is 70.1 cm³/mol. The molecule has 0 spiro atoms. The summed E-state index contributed by atoms with van der Waals surface area (Å²) in [5.41, 5.74) is 0. The van der Waals surface area contributed by atoms with Crippen LogP contribution in [-0.2, 0) is 4.79 Å². The number of likely N-dealkylation sites (tertiary alicyclic amines) is 1. The third-order valence-corrected chi connectivity index (χ3v) is 5.26. The lowest BCUT2D eigenvalue weighted by molar-refractivity contribution is -0.131. The summed E-state index contributed by atoms with van der Waals surface area (Å²) >= 11 is 8.24. The van der Waals surface area contributed by atoms with Crippen LogP contribution in [0.1, 0.15) is 32.1 Å². The Balaban J connectivity index is 1.88. The smallest absolute Gasteiger partial charge is 0.240 e. The Morgan fingerprint density at radius 1 is 1.25 bits per heavy atom. The van der Waals surface area contributed by atoms with E-state index in [1.807, 2.05) is 16.7 Å². The average molecular weight is 262 g/mol. The Bertz CT molecular complexity index is 231. The summed E-state index contributed by atoms with van der Waals surface area (Å²) in [6.45, 7) is 1.84. The van der Waals surface area contributed by atoms with E-state index < -0.39 is 0 Å². The van der Waals surface area contributed by atoms with Crippen molar-refractivity contribution in [3.63, 3.8) is 0 Å². The first-order chi connectivity index (χ1) is 7.79. The fraction of sp³-hybridized carbons (Fsp3) is 0.917. The van der Waals surface area contributed by atoms with E-state index in [-0.39, 0.29) is 11.3 Å². The van der Waals surface area contributed by atoms with Crippen LogP contribution in [0.5, 0.6) is 0 Å². The number of thioether (sulfide) groups is 1. The second-order valence-electron chi connectivity index (χ2n) is 4.76. The summed E-state index contributed by atoms with van der Waals surface area (Å²) in [4.78, 5) is 14.2. The Labute approximate surface area is 107 Å². The predicted octanol–water partition coefficient (Wildman–Crippen LogP) is 2.75. The fourth-order valence-electron chi connectivity index (χ4n) is 2.45. The Hall–Kier alpha value is 0.110. The van der Waals surface area contributed by atoms with Gasteiger partial charge in [0, 0.05) is 13.1 Å². The Kier molecular flexibility index (Phi) is 4.83. The zero-order valence-corrected chi connectivity index (χ0v) is 11.2. The standard InChI is InChI=1S/C12H20ClNOS/c13-11(10-5-8-16-9-10)12(15)14-6-3-1-2-4-7-14/h10-11H,1-9H2. The molecule has 0 bridgehead atoms. The van der Waals surface area contributed by atoms with Gasteiger partial charge in [0.05, 0.1) is 0 Å². The van der Waals surface area contributed by atoms with Crippen LogP contribution in [0.3, 0.4) is 0 Å². The highest BCUT2D eigenvalue weighted by atomic mass is 35.5. The second kappa shape index (κ2) is 6.15. The molecule has 2 aliphatic heterocycles. The first kappa shape index (κ1) is 12.6. The van der Waals surface area contributed by atoms with Gasteiger partial charge in [0.1, 0.15) is 5.38 Å². The Morgan fingerprint density at radius 3 is 2.50 bits per heavy atom. The summed E-state index contributed by atoms with van der Waals surface area (Å²) in [6.07, 6.45) is 5.92. The van der Waals surface area contributed by atoms with Crippen LogP contribution in [0.25, 0.3) is 0 Å². The molecule has 2 fully saturated rings. The molecular weight excluding hydrogens is 242 g/mol. The van der Waals surface area contributed by atoms with Gasteiger partial charge >= 0.3 is 0 Å². The highest BCUT2D eigenvalue weighted by molar-refractivity contribution is 7.99. The van der Waals surface area contributed by atoms with Gasteiger partial charge in [-0.25, -0.2) is 0 Å². The minimum Gasteiger partial charge on any atom is -0.341 e. The lowest BCUT2D eigenvalue weighted by Crippen LogP contribution is -2.40. The van der Waals surface area contributed by atoms with Gasteiger partial charge in [-0.3, -0.25) is 4.79 Å². The van der Waals surface area contributed by atoms with Crippen LogP contribution in [0, 0.1) is 5.92 Å². The van der Waals surface area contributed by atoms with Crippen LogP contribution in [0.15, 0.2) is 0 Å². The minimum atomic E-state index is -0.270. The van der Waals surface area contributed by atoms with E-state index in [9.17, 15) is 4.79 Å². The van der Waals surface area contributed by atoms with Gasteiger partial charge in [0.15, 0.2) is 0 Å². The largest absolute Gasteiger partial charge is 0.341 e. The van der Waals surface area contributed by atoms with Gasteiger partial charge < -0.3 is 4.90 Å². The van der Waals surface area contributed by atoms with Crippen molar-refractivity contribution >= 4 is 29.3 Å². The van der Waals surface area contributed by atoms with Gasteiger partial charge in [-0.05, 0) is 36.7 Å². The maximum absolute atomic E-state index is 12.2. The van der Waals surface area contributed by atoms with E-state index in [2.05, 4.69) is 0 Å². The number of hydrogen-bond donors (Lipinski definition) is 0. The monoisotopic (exact) mass is 261 g/mol. The van der Waals surface area contributed by atoms with E-state index in [0.29, 0.717) is 5.92 Å². The van der Waals surface area contributed by atoms with E-state index in [1.165, 1.54) is 18.6 Å². The number of rotatable bonds is 2. The number of hydrogen-bond acceptors (Lipinski definition) is 2. The van der Waals surface area contributed by atoms with Crippen LogP contribution >= 0.6 is 23.4 Å². The fourth-order valence-corrected chi connectivity index (χ4v) is 4.21. The van der Waals surface area contributed by atoms with Crippen molar-refractivity contribution in [1.82, 2.24) is 4.90 Å². The maximum Gasteiger partial charge on any atom is 0.240 e. The van der Waals surface area contributed by atoms with E-state index in [0.717, 1.165) is 38.1 Å². The van der Waals surface area contributed by atoms with Gasteiger partial charge in [-0.15, -0.1) is 11.6 Å². The number of nitrogens with zero attached hydrogens (tertiary/aromatic N) is 1. The Morgan fingerprint density at radius 2 is 1.94 bits per heavy atom. The summed E-state index contributed by atoms with van der Waals surface area (Å²) < 4.78 is 0. The molecule has 0 aliphatic carbocycles. The molecule has 2 nitrogen and oxygen atoms in total. The number of amides is 1. The topological polar surface area (TPSA) is 20.3 Å². The lowest BCUT2D eigenvalue weighted by atomic mass is 10.0. The maximum atomic E-state index is 12.2. The molecule has 4 heteroatoms. The average Bonchev–Trinajstić information content (AvgIpc) is 2.70. The zero-order valence-electron chi connectivity index (χ0n) is 9.66. The molecule has 0 saturated carbocycles. The van der Waals surface area contributed by atoms with E-state index in [1.54, 1.807) is 0 Å². The highest BCUT2D eigenvalue weighted by Crippen LogP contribution is 2.30. The normalized spacial score (nSPS) is 28.8. The van der Waals surface area contributed by atoms with Crippen molar-refractivity contribution in [2.24, 2.45) is 5.92 Å². The van der Waals surface area contributed by atoms with Crippen LogP contribution in [-0.4, -0.2) is 40.8 Å². The van der Waals surface area contributed by atoms with E-state index >= 15 is 0 Å². The van der Waals surface area contributed by atoms with Gasteiger partial charge in [0.2, 0.25) is 5.91 Å². The molecule has 2 saturated heterocycles. The van der Waals surface area contributed by atoms with Gasteiger partial charge in [0.25, 0.3) is 0 Å². The van der Waals surface area contributed by atoms with Crippen LogP contribution in [0.4, 0.5) is 0 Å². The second-order valence-corrected chi connectivity index (χ2v) is 6.38. The van der Waals surface area contributed by atoms with Gasteiger partial charge in [-0.2, -0.15) is 11.8 Å². The molecule has 0 aromatic heterocycles. The summed E-state index contributed by atoms with van der Waals surface area (Å²) in [7, 11) is 0. The first-order valence-electron chi connectivity index (χ1n) is 6.29. The summed E-state index contributed by atoms with van der Waals surface area (Å²) in [5.74, 6) is 2.83. The number of carbonyl (C=O) groups excluding carboxylic acids is 1. The van der Waals surface area contributed by atoms with Crippen LogP contribution in [0.2, 0.25) is 0 Å². The molecule has 2 aliphatic rings. The van der Waals surface area contributed by atoms with Crippen LogP contribution < -0.4 is 0 Å². The molecule has 2 atom stereocenters. The third kappa shape index (κ3) is 3.07. The van der Waals surface area contributed by atoms with Crippen molar-refractivity contribution < 1.29 is 4.79 Å². The molecule has 2 heterocycles. The van der Waals surface area contributed by atoms with Crippen molar-refractivity contribution in [3.8, 4) is 0 Å². The lowest BCUT2D eigenvalue weighted by Gasteiger charge is -2.25. The van der Waals surface area contributed by atoms with Gasteiger partial charge in [-0.1, -0.05) is 12.8 Å². The molecular formula is C12H20ClNOS. The zero-order chi connectivity index (χ0) is 11.4. The molecule has 92 valence electrons. The first-order valence-corrected chi connectivity index (χ1v) is 7.89. The number of halogens is 1. The van der Waals surface area contributed by atoms with Crippen molar-refractivity contribution in [1.29, 1.82) is 0 Å². The molecule has 0 N–H and O–H groups in total. The van der Waals surface area contributed by atoms with Crippen molar-refractivity contribution in [2.45, 2.75) is 37.5 Å². The third-order valence-electron chi connectivity index (χ3n) is 3.53. The summed E-state index contributed by atoms with van der Waals surface area (Å²) in [6, 6.07) is 0. The molecule has 0 aromatic carbocycles. The quantitative estimate of drug-likeness (QED) is 0.713. The minimum absolute atomic E-state index is 0.191. The number of carbonyl (C=O) groups is 1. The van der Waals surface area contributed by atoms with Crippen molar-refractivity contribution in [2.75, 3.05) is 24.6 Å². The molecule has 2 unspecified atom stereocenters. The highest BCUT2D eigenvalue weighted by Gasteiger charge is 2.32.